The Bertz CT molecular complexity index is 913. The van der Waals surface area contributed by atoms with Crippen molar-refractivity contribution in [1.82, 2.24) is 15.3 Å². The van der Waals surface area contributed by atoms with Gasteiger partial charge in [0.2, 0.25) is 0 Å². The second-order valence-electron chi connectivity index (χ2n) is 6.93. The third kappa shape index (κ3) is 3.29. The number of halogens is 2. The van der Waals surface area contributed by atoms with Crippen LogP contribution in [0.25, 0.3) is 11.0 Å². The van der Waals surface area contributed by atoms with Crippen LogP contribution in [-0.2, 0) is 0 Å². The number of anilines is 2. The molecule has 3 aromatic rings. The SMILES string of the molecule is CNC1CCC(c2c[nH]c3nc(Nc4ccc(F)c(F)c4)ccc23)CC1. The first-order chi connectivity index (χ1) is 12.6. The topological polar surface area (TPSA) is 52.7 Å². The van der Waals surface area contributed by atoms with Crippen LogP contribution in [0.5, 0.6) is 0 Å². The van der Waals surface area contributed by atoms with Crippen molar-refractivity contribution in [3.05, 3.63) is 53.7 Å². The molecule has 2 aromatic heterocycles. The maximum atomic E-state index is 13.4. The lowest BCUT2D eigenvalue weighted by Crippen LogP contribution is -2.29. The number of fused-ring (bicyclic) bond motifs is 1. The Morgan fingerprint density at radius 3 is 2.58 bits per heavy atom. The van der Waals surface area contributed by atoms with Gasteiger partial charge in [0.05, 0.1) is 0 Å². The molecule has 0 unspecified atom stereocenters. The number of aromatic nitrogens is 2. The van der Waals surface area contributed by atoms with E-state index in [-0.39, 0.29) is 0 Å². The first kappa shape index (κ1) is 17.0. The largest absolute Gasteiger partial charge is 0.346 e. The number of aromatic amines is 1. The molecule has 26 heavy (non-hydrogen) atoms. The maximum Gasteiger partial charge on any atom is 0.160 e. The van der Waals surface area contributed by atoms with Gasteiger partial charge < -0.3 is 15.6 Å². The van der Waals surface area contributed by atoms with Gasteiger partial charge in [-0.05, 0) is 68.5 Å². The van der Waals surface area contributed by atoms with Crippen molar-refractivity contribution in [3.8, 4) is 0 Å². The van der Waals surface area contributed by atoms with Gasteiger partial charge in [-0.15, -0.1) is 0 Å². The molecule has 0 aliphatic heterocycles. The van der Waals surface area contributed by atoms with Gasteiger partial charge in [-0.2, -0.15) is 0 Å². The van der Waals surface area contributed by atoms with E-state index in [0.29, 0.717) is 23.5 Å². The quantitative estimate of drug-likeness (QED) is 0.627. The van der Waals surface area contributed by atoms with Crippen LogP contribution in [0.2, 0.25) is 0 Å². The van der Waals surface area contributed by atoms with Crippen LogP contribution >= 0.6 is 0 Å². The minimum Gasteiger partial charge on any atom is -0.346 e. The summed E-state index contributed by atoms with van der Waals surface area (Å²) in [5.41, 5.74) is 2.60. The fraction of sp³-hybridized carbons (Fsp3) is 0.350. The highest BCUT2D eigenvalue weighted by Crippen LogP contribution is 2.36. The molecular weight excluding hydrogens is 334 g/mol. The summed E-state index contributed by atoms with van der Waals surface area (Å²) in [6, 6.07) is 8.26. The van der Waals surface area contributed by atoms with E-state index < -0.39 is 11.6 Å². The molecule has 4 nitrogen and oxygen atoms in total. The van der Waals surface area contributed by atoms with Crippen molar-refractivity contribution in [1.29, 1.82) is 0 Å². The van der Waals surface area contributed by atoms with E-state index in [2.05, 4.69) is 26.8 Å². The molecule has 1 saturated carbocycles. The van der Waals surface area contributed by atoms with Crippen molar-refractivity contribution in [2.45, 2.75) is 37.6 Å². The average molecular weight is 356 g/mol. The van der Waals surface area contributed by atoms with Gasteiger partial charge in [0.1, 0.15) is 11.5 Å². The lowest BCUT2D eigenvalue weighted by atomic mass is 9.82. The van der Waals surface area contributed by atoms with Crippen LogP contribution in [0.1, 0.15) is 37.2 Å². The summed E-state index contributed by atoms with van der Waals surface area (Å²) in [7, 11) is 2.03. The van der Waals surface area contributed by atoms with E-state index >= 15 is 0 Å². The molecule has 0 amide bonds. The molecule has 3 N–H and O–H groups in total. The number of hydrogen-bond donors (Lipinski definition) is 3. The van der Waals surface area contributed by atoms with E-state index in [9.17, 15) is 8.78 Å². The highest BCUT2D eigenvalue weighted by molar-refractivity contribution is 5.82. The van der Waals surface area contributed by atoms with Crippen LogP contribution in [0.4, 0.5) is 20.3 Å². The van der Waals surface area contributed by atoms with Gasteiger partial charge in [-0.25, -0.2) is 13.8 Å². The lowest BCUT2D eigenvalue weighted by Gasteiger charge is -2.28. The lowest BCUT2D eigenvalue weighted by molar-refractivity contribution is 0.360. The van der Waals surface area contributed by atoms with Gasteiger partial charge in [0.15, 0.2) is 11.6 Å². The molecule has 1 fully saturated rings. The normalized spacial score (nSPS) is 20.4. The second kappa shape index (κ2) is 7.03. The molecule has 1 aliphatic carbocycles. The Balaban J connectivity index is 1.54. The maximum absolute atomic E-state index is 13.4. The molecule has 1 aliphatic rings. The standard InChI is InChI=1S/C20H22F2N4/c1-23-13-4-2-12(3-5-13)16-11-24-20-15(16)7-9-19(26-20)25-14-6-8-17(21)18(22)10-14/h6-13,23H,2-5H2,1H3,(H2,24,25,26). The fourth-order valence-electron chi connectivity index (χ4n) is 3.85. The van der Waals surface area contributed by atoms with E-state index in [4.69, 9.17) is 0 Å². The third-order valence-corrected chi connectivity index (χ3v) is 5.34. The Morgan fingerprint density at radius 1 is 1.04 bits per heavy atom. The number of pyridine rings is 1. The van der Waals surface area contributed by atoms with Gasteiger partial charge >= 0.3 is 0 Å². The van der Waals surface area contributed by atoms with E-state index in [1.54, 1.807) is 0 Å². The predicted molar refractivity (Wildman–Crippen MR) is 99.8 cm³/mol. The number of rotatable bonds is 4. The minimum absolute atomic E-state index is 0.466. The summed E-state index contributed by atoms with van der Waals surface area (Å²) < 4.78 is 26.4. The summed E-state index contributed by atoms with van der Waals surface area (Å²) in [5, 5.41) is 7.52. The molecule has 0 bridgehead atoms. The van der Waals surface area contributed by atoms with Crippen molar-refractivity contribution in [2.24, 2.45) is 0 Å². The van der Waals surface area contributed by atoms with Gasteiger partial charge in [0, 0.05) is 29.4 Å². The predicted octanol–water partition coefficient (Wildman–Crippen LogP) is 4.83. The molecule has 136 valence electrons. The monoisotopic (exact) mass is 356 g/mol. The molecule has 0 atom stereocenters. The average Bonchev–Trinajstić information content (AvgIpc) is 3.08. The zero-order valence-electron chi connectivity index (χ0n) is 14.7. The smallest absolute Gasteiger partial charge is 0.160 e. The zero-order chi connectivity index (χ0) is 18.1. The van der Waals surface area contributed by atoms with Crippen LogP contribution in [0.15, 0.2) is 36.5 Å². The minimum atomic E-state index is -0.879. The van der Waals surface area contributed by atoms with Crippen LogP contribution in [0.3, 0.4) is 0 Å². The summed E-state index contributed by atoms with van der Waals surface area (Å²) in [4.78, 5) is 7.83. The molecule has 0 spiro atoms. The summed E-state index contributed by atoms with van der Waals surface area (Å²) >= 11 is 0. The highest BCUT2D eigenvalue weighted by Gasteiger charge is 2.23. The van der Waals surface area contributed by atoms with Crippen molar-refractivity contribution in [3.63, 3.8) is 0 Å². The summed E-state index contributed by atoms with van der Waals surface area (Å²) in [6.45, 7) is 0. The highest BCUT2D eigenvalue weighted by atomic mass is 19.2. The number of nitrogens with one attached hydrogen (secondary N) is 3. The summed E-state index contributed by atoms with van der Waals surface area (Å²) in [6.07, 6.45) is 6.79. The molecule has 0 radical (unpaired) electrons. The first-order valence-electron chi connectivity index (χ1n) is 9.01. The van der Waals surface area contributed by atoms with Crippen LogP contribution in [0, 0.1) is 11.6 Å². The molecule has 2 heterocycles. The molecular formula is C20H22F2N4. The molecule has 1 aromatic carbocycles. The van der Waals surface area contributed by atoms with Crippen molar-refractivity contribution < 1.29 is 8.78 Å². The number of hydrogen-bond acceptors (Lipinski definition) is 3. The summed E-state index contributed by atoms with van der Waals surface area (Å²) in [5.74, 6) is -0.590. The number of nitrogens with zero attached hydrogens (tertiary/aromatic N) is 1. The Hall–Kier alpha value is -2.47. The Morgan fingerprint density at radius 2 is 1.85 bits per heavy atom. The number of H-pyrrole nitrogens is 1. The van der Waals surface area contributed by atoms with Crippen molar-refractivity contribution >= 4 is 22.5 Å². The second-order valence-corrected chi connectivity index (χ2v) is 6.93. The number of benzene rings is 1. The molecule has 6 heteroatoms. The fourth-order valence-corrected chi connectivity index (χ4v) is 3.85. The van der Waals surface area contributed by atoms with Crippen molar-refractivity contribution in [2.75, 3.05) is 12.4 Å². The Labute approximate surface area is 151 Å². The van der Waals surface area contributed by atoms with Gasteiger partial charge in [-0.1, -0.05) is 0 Å². The van der Waals surface area contributed by atoms with Gasteiger partial charge in [-0.3, -0.25) is 0 Å². The van der Waals surface area contributed by atoms with Crippen LogP contribution < -0.4 is 10.6 Å². The molecule has 0 saturated heterocycles. The zero-order valence-corrected chi connectivity index (χ0v) is 14.7. The van der Waals surface area contributed by atoms with Gasteiger partial charge in [0.25, 0.3) is 0 Å². The third-order valence-electron chi connectivity index (χ3n) is 5.34. The van der Waals surface area contributed by atoms with E-state index in [1.165, 1.54) is 37.3 Å². The Kier molecular flexibility index (Phi) is 4.59. The van der Waals surface area contributed by atoms with E-state index in [1.807, 2.05) is 19.2 Å². The van der Waals surface area contributed by atoms with Crippen LogP contribution in [-0.4, -0.2) is 23.1 Å². The van der Waals surface area contributed by atoms with E-state index in [0.717, 1.165) is 23.2 Å². The molecule has 4 rings (SSSR count). The first-order valence-corrected chi connectivity index (χ1v) is 9.01.